The molecule has 1 fully saturated rings. The molecule has 1 aliphatic rings. The molecule has 3 atom stereocenters. The second kappa shape index (κ2) is 6.81. The molecule has 1 aromatic carbocycles. The van der Waals surface area contributed by atoms with Gasteiger partial charge in [0.1, 0.15) is 6.04 Å². The third kappa shape index (κ3) is 3.20. The van der Waals surface area contributed by atoms with E-state index in [-0.39, 0.29) is 17.7 Å². The van der Waals surface area contributed by atoms with E-state index in [1.165, 1.54) is 0 Å². The Morgan fingerprint density at radius 3 is 2.81 bits per heavy atom. The molecule has 26 heavy (non-hydrogen) atoms. The maximum absolute atomic E-state index is 12.5. The molecule has 6 nitrogen and oxygen atoms in total. The molecular weight excluding hydrogens is 326 g/mol. The average Bonchev–Trinajstić information content (AvgIpc) is 3.36. The van der Waals surface area contributed by atoms with Crippen LogP contribution in [0.5, 0.6) is 0 Å². The van der Waals surface area contributed by atoms with Gasteiger partial charge in [-0.1, -0.05) is 24.3 Å². The minimum Gasteiger partial charge on any atom is -0.336 e. The molecule has 3 aromatic rings. The molecule has 1 N–H and O–H groups in total. The fourth-order valence-corrected chi connectivity index (χ4v) is 3.10. The van der Waals surface area contributed by atoms with Crippen LogP contribution in [-0.4, -0.2) is 20.7 Å². The summed E-state index contributed by atoms with van der Waals surface area (Å²) in [7, 11) is 0. The minimum atomic E-state index is -0.713. The zero-order valence-electron chi connectivity index (χ0n) is 14.0. The van der Waals surface area contributed by atoms with Crippen LogP contribution >= 0.6 is 0 Å². The van der Waals surface area contributed by atoms with Crippen molar-refractivity contribution in [2.24, 2.45) is 5.92 Å². The molecule has 6 heteroatoms. The van der Waals surface area contributed by atoms with Gasteiger partial charge in [0.2, 0.25) is 5.91 Å². The lowest BCUT2D eigenvalue weighted by Crippen LogP contribution is -2.29. The SMILES string of the molecule is N#C[C@H](NC(=O)[C@H]1C[C@@H]1c1cccnc1)c1cnn(-c2ccccc2)c1. The minimum absolute atomic E-state index is 0.0979. The van der Waals surface area contributed by atoms with Gasteiger partial charge in [-0.05, 0) is 36.1 Å². The largest absolute Gasteiger partial charge is 0.336 e. The lowest BCUT2D eigenvalue weighted by Gasteiger charge is -2.09. The van der Waals surface area contributed by atoms with Crippen LogP contribution in [0, 0.1) is 17.2 Å². The van der Waals surface area contributed by atoms with Gasteiger partial charge in [-0.2, -0.15) is 10.4 Å². The molecule has 2 aromatic heterocycles. The predicted octanol–water partition coefficient (Wildman–Crippen LogP) is 2.75. The van der Waals surface area contributed by atoms with Gasteiger partial charge >= 0.3 is 0 Å². The Morgan fingerprint density at radius 1 is 1.23 bits per heavy atom. The molecule has 0 radical (unpaired) electrons. The maximum Gasteiger partial charge on any atom is 0.225 e. The Kier molecular flexibility index (Phi) is 4.20. The zero-order valence-corrected chi connectivity index (χ0v) is 14.0. The highest BCUT2D eigenvalue weighted by Gasteiger charge is 2.44. The molecule has 0 unspecified atom stereocenters. The van der Waals surface area contributed by atoms with E-state index in [1.807, 2.05) is 42.5 Å². The first-order valence-electron chi connectivity index (χ1n) is 8.46. The van der Waals surface area contributed by atoms with E-state index < -0.39 is 6.04 Å². The standard InChI is InChI=1S/C20H17N5O/c21-10-19(15-12-23-25(13-15)16-6-2-1-3-7-16)24-20(26)18-9-17(18)14-5-4-8-22-11-14/h1-8,11-13,17-19H,9H2,(H,24,26)/t17-,18+,19+/m1/s1. The molecule has 0 bridgehead atoms. The summed E-state index contributed by atoms with van der Waals surface area (Å²) >= 11 is 0. The van der Waals surface area contributed by atoms with Crippen molar-refractivity contribution >= 4 is 5.91 Å². The monoisotopic (exact) mass is 343 g/mol. The van der Waals surface area contributed by atoms with Gasteiger partial charge in [0.25, 0.3) is 0 Å². The summed E-state index contributed by atoms with van der Waals surface area (Å²) in [5, 5.41) is 16.6. The van der Waals surface area contributed by atoms with Crippen molar-refractivity contribution in [3.8, 4) is 11.8 Å². The van der Waals surface area contributed by atoms with Crippen molar-refractivity contribution in [3.63, 3.8) is 0 Å². The lowest BCUT2D eigenvalue weighted by molar-refractivity contribution is -0.122. The highest BCUT2D eigenvalue weighted by atomic mass is 16.2. The number of nitrogens with one attached hydrogen (secondary N) is 1. The third-order valence-electron chi connectivity index (χ3n) is 4.61. The van der Waals surface area contributed by atoms with E-state index >= 15 is 0 Å². The highest BCUT2D eigenvalue weighted by molar-refractivity contribution is 5.83. The van der Waals surface area contributed by atoms with Crippen LogP contribution in [0.3, 0.4) is 0 Å². The van der Waals surface area contributed by atoms with Crippen molar-refractivity contribution in [2.45, 2.75) is 18.4 Å². The molecule has 0 aliphatic heterocycles. The van der Waals surface area contributed by atoms with E-state index in [4.69, 9.17) is 0 Å². The van der Waals surface area contributed by atoms with Crippen molar-refractivity contribution in [1.29, 1.82) is 5.26 Å². The lowest BCUT2D eigenvalue weighted by atomic mass is 10.1. The van der Waals surface area contributed by atoms with E-state index in [9.17, 15) is 10.1 Å². The quantitative estimate of drug-likeness (QED) is 0.772. The van der Waals surface area contributed by atoms with Crippen molar-refractivity contribution in [1.82, 2.24) is 20.1 Å². The summed E-state index contributed by atoms with van der Waals surface area (Å²) in [6, 6.07) is 14.9. The number of amides is 1. The molecule has 4 rings (SSSR count). The Labute approximate surface area is 151 Å². The molecular formula is C20H17N5O. The van der Waals surface area contributed by atoms with Gasteiger partial charge in [-0.3, -0.25) is 9.78 Å². The number of benzene rings is 1. The van der Waals surface area contributed by atoms with Crippen LogP contribution in [0.1, 0.15) is 29.5 Å². The van der Waals surface area contributed by atoms with Crippen LogP contribution in [-0.2, 0) is 4.79 Å². The number of hydrogen-bond donors (Lipinski definition) is 1. The van der Waals surface area contributed by atoms with Crippen molar-refractivity contribution in [3.05, 3.63) is 78.4 Å². The zero-order chi connectivity index (χ0) is 17.9. The summed E-state index contributed by atoms with van der Waals surface area (Å²) in [6.45, 7) is 0. The smallest absolute Gasteiger partial charge is 0.225 e. The predicted molar refractivity (Wildman–Crippen MR) is 95.1 cm³/mol. The van der Waals surface area contributed by atoms with Gasteiger partial charge < -0.3 is 5.32 Å². The molecule has 0 spiro atoms. The van der Waals surface area contributed by atoms with Crippen LogP contribution in [0.25, 0.3) is 5.69 Å². The first kappa shape index (κ1) is 16.0. The molecule has 128 valence electrons. The van der Waals surface area contributed by atoms with Gasteiger partial charge in [-0.25, -0.2) is 4.68 Å². The fourth-order valence-electron chi connectivity index (χ4n) is 3.10. The van der Waals surface area contributed by atoms with Gasteiger partial charge in [0.05, 0.1) is 18.0 Å². The summed E-state index contributed by atoms with van der Waals surface area (Å²) in [5.74, 6) is -0.00725. The Balaban J connectivity index is 1.43. The Hall–Kier alpha value is -3.46. The molecule has 1 saturated carbocycles. The summed E-state index contributed by atoms with van der Waals surface area (Å²) in [4.78, 5) is 16.6. The van der Waals surface area contributed by atoms with Crippen LogP contribution in [0.4, 0.5) is 0 Å². The van der Waals surface area contributed by atoms with E-state index in [0.717, 1.165) is 17.7 Å². The van der Waals surface area contributed by atoms with Crippen LogP contribution < -0.4 is 5.32 Å². The van der Waals surface area contributed by atoms with Gasteiger partial charge in [-0.15, -0.1) is 0 Å². The van der Waals surface area contributed by atoms with Crippen LogP contribution in [0.15, 0.2) is 67.3 Å². The fraction of sp³-hybridized carbons (Fsp3) is 0.200. The number of aromatic nitrogens is 3. The number of para-hydroxylation sites is 1. The van der Waals surface area contributed by atoms with Crippen molar-refractivity contribution in [2.75, 3.05) is 0 Å². The highest BCUT2D eigenvalue weighted by Crippen LogP contribution is 2.47. The Bertz CT molecular complexity index is 945. The number of nitrogens with zero attached hydrogens (tertiary/aromatic N) is 4. The van der Waals surface area contributed by atoms with Gasteiger partial charge in [0.15, 0.2) is 0 Å². The summed E-state index contributed by atoms with van der Waals surface area (Å²) in [6.07, 6.45) is 7.70. The molecule has 0 saturated heterocycles. The maximum atomic E-state index is 12.5. The van der Waals surface area contributed by atoms with Crippen molar-refractivity contribution < 1.29 is 4.79 Å². The number of hydrogen-bond acceptors (Lipinski definition) is 4. The topological polar surface area (TPSA) is 83.6 Å². The third-order valence-corrected chi connectivity index (χ3v) is 4.61. The normalized spacial score (nSPS) is 19.3. The number of pyridine rings is 1. The van der Waals surface area contributed by atoms with E-state index in [0.29, 0.717) is 5.56 Å². The Morgan fingerprint density at radius 2 is 2.08 bits per heavy atom. The van der Waals surface area contributed by atoms with E-state index in [2.05, 4.69) is 21.5 Å². The summed E-state index contributed by atoms with van der Waals surface area (Å²) in [5.41, 5.74) is 2.64. The number of carbonyl (C=O) groups is 1. The number of nitriles is 1. The second-order valence-electron chi connectivity index (χ2n) is 6.36. The number of rotatable bonds is 5. The average molecular weight is 343 g/mol. The number of carbonyl (C=O) groups excluding carboxylic acids is 1. The molecule has 1 aliphatic carbocycles. The first-order chi connectivity index (χ1) is 12.8. The second-order valence-corrected chi connectivity index (χ2v) is 6.36. The van der Waals surface area contributed by atoms with Gasteiger partial charge in [0, 0.05) is 30.1 Å². The van der Waals surface area contributed by atoms with Crippen LogP contribution in [0.2, 0.25) is 0 Å². The molecule has 2 heterocycles. The first-order valence-corrected chi connectivity index (χ1v) is 8.46. The van der Waals surface area contributed by atoms with E-state index in [1.54, 1.807) is 29.5 Å². The molecule has 1 amide bonds. The summed E-state index contributed by atoms with van der Waals surface area (Å²) < 4.78 is 1.70.